The SMILES string of the molecule is CC1CN(CCC(N)c2ccccc2Br)CC(C)O1. The maximum atomic E-state index is 6.29. The van der Waals surface area contributed by atoms with E-state index in [-0.39, 0.29) is 6.04 Å². The number of hydrogen-bond donors (Lipinski definition) is 1. The largest absolute Gasteiger partial charge is 0.373 e. The predicted molar refractivity (Wildman–Crippen MR) is 82.1 cm³/mol. The molecule has 1 aromatic carbocycles. The first-order chi connectivity index (χ1) is 9.06. The molecular weight excluding hydrogens is 304 g/mol. The third kappa shape index (κ3) is 4.28. The fraction of sp³-hybridized carbons (Fsp3) is 0.600. The number of ether oxygens (including phenoxy) is 1. The number of hydrogen-bond acceptors (Lipinski definition) is 3. The number of rotatable bonds is 4. The third-order valence-electron chi connectivity index (χ3n) is 3.56. The monoisotopic (exact) mass is 326 g/mol. The standard InChI is InChI=1S/C15H23BrN2O/c1-11-9-18(10-12(2)19-11)8-7-15(17)13-5-3-4-6-14(13)16/h3-6,11-12,15H,7-10,17H2,1-2H3. The summed E-state index contributed by atoms with van der Waals surface area (Å²) in [5.41, 5.74) is 7.49. The smallest absolute Gasteiger partial charge is 0.0678 e. The van der Waals surface area contributed by atoms with Gasteiger partial charge < -0.3 is 10.5 Å². The van der Waals surface area contributed by atoms with Gasteiger partial charge in [-0.15, -0.1) is 0 Å². The highest BCUT2D eigenvalue weighted by Gasteiger charge is 2.22. The van der Waals surface area contributed by atoms with E-state index in [9.17, 15) is 0 Å². The summed E-state index contributed by atoms with van der Waals surface area (Å²) in [5, 5.41) is 0. The second-order valence-electron chi connectivity index (χ2n) is 5.43. The van der Waals surface area contributed by atoms with E-state index in [4.69, 9.17) is 10.5 Å². The summed E-state index contributed by atoms with van der Waals surface area (Å²) < 4.78 is 6.85. The van der Waals surface area contributed by atoms with Crippen molar-refractivity contribution >= 4 is 15.9 Å². The molecule has 0 radical (unpaired) electrons. The molecule has 1 aromatic rings. The summed E-state index contributed by atoms with van der Waals surface area (Å²) >= 11 is 3.57. The van der Waals surface area contributed by atoms with Gasteiger partial charge in [-0.1, -0.05) is 34.1 Å². The quantitative estimate of drug-likeness (QED) is 0.924. The number of morpholine rings is 1. The topological polar surface area (TPSA) is 38.5 Å². The van der Waals surface area contributed by atoms with Crippen molar-refractivity contribution in [2.45, 2.75) is 38.5 Å². The van der Waals surface area contributed by atoms with Crippen LogP contribution in [0, 0.1) is 0 Å². The molecule has 0 aliphatic carbocycles. The summed E-state index contributed by atoms with van der Waals surface area (Å²) in [4.78, 5) is 2.45. The highest BCUT2D eigenvalue weighted by atomic mass is 79.9. The zero-order valence-corrected chi connectivity index (χ0v) is 13.3. The summed E-state index contributed by atoms with van der Waals surface area (Å²) in [6.07, 6.45) is 1.62. The van der Waals surface area contributed by atoms with Crippen LogP contribution < -0.4 is 5.73 Å². The minimum Gasteiger partial charge on any atom is -0.373 e. The van der Waals surface area contributed by atoms with Crippen LogP contribution in [0.1, 0.15) is 31.9 Å². The van der Waals surface area contributed by atoms with Crippen LogP contribution in [0.4, 0.5) is 0 Å². The van der Waals surface area contributed by atoms with E-state index >= 15 is 0 Å². The van der Waals surface area contributed by atoms with E-state index in [0.717, 1.165) is 30.5 Å². The van der Waals surface area contributed by atoms with Gasteiger partial charge in [0.2, 0.25) is 0 Å². The molecule has 0 saturated carbocycles. The van der Waals surface area contributed by atoms with Crippen molar-refractivity contribution in [2.24, 2.45) is 5.73 Å². The molecular formula is C15H23BrN2O. The Morgan fingerprint density at radius 1 is 1.32 bits per heavy atom. The van der Waals surface area contributed by atoms with Crippen LogP contribution in [0.3, 0.4) is 0 Å². The molecule has 1 aliphatic heterocycles. The predicted octanol–water partition coefficient (Wildman–Crippen LogP) is 2.95. The second kappa shape index (κ2) is 6.84. The highest BCUT2D eigenvalue weighted by molar-refractivity contribution is 9.10. The highest BCUT2D eigenvalue weighted by Crippen LogP contribution is 2.24. The molecule has 106 valence electrons. The summed E-state index contributed by atoms with van der Waals surface area (Å²) in [7, 11) is 0. The maximum absolute atomic E-state index is 6.29. The van der Waals surface area contributed by atoms with Crippen molar-refractivity contribution in [3.8, 4) is 0 Å². The number of nitrogens with two attached hydrogens (primary N) is 1. The first kappa shape index (κ1) is 15.0. The lowest BCUT2D eigenvalue weighted by Crippen LogP contribution is -2.46. The third-order valence-corrected chi connectivity index (χ3v) is 4.28. The Bertz CT molecular complexity index is 403. The molecule has 2 rings (SSSR count). The Morgan fingerprint density at radius 3 is 2.58 bits per heavy atom. The van der Waals surface area contributed by atoms with Crippen molar-refractivity contribution in [1.29, 1.82) is 0 Å². The van der Waals surface area contributed by atoms with Gasteiger partial charge in [0.25, 0.3) is 0 Å². The van der Waals surface area contributed by atoms with Crippen molar-refractivity contribution in [3.63, 3.8) is 0 Å². The zero-order valence-electron chi connectivity index (χ0n) is 11.7. The molecule has 3 nitrogen and oxygen atoms in total. The fourth-order valence-corrected chi connectivity index (χ4v) is 3.30. The van der Waals surface area contributed by atoms with Crippen LogP contribution in [0.25, 0.3) is 0 Å². The lowest BCUT2D eigenvalue weighted by molar-refractivity contribution is -0.0684. The number of halogens is 1. The molecule has 0 aromatic heterocycles. The van der Waals surface area contributed by atoms with E-state index in [2.05, 4.69) is 40.7 Å². The van der Waals surface area contributed by atoms with Gasteiger partial charge in [-0.3, -0.25) is 4.90 Å². The molecule has 1 saturated heterocycles. The van der Waals surface area contributed by atoms with E-state index in [0.29, 0.717) is 12.2 Å². The number of nitrogens with zero attached hydrogens (tertiary/aromatic N) is 1. The van der Waals surface area contributed by atoms with Gasteiger partial charge in [-0.05, 0) is 31.9 Å². The Labute approximate surface area is 124 Å². The van der Waals surface area contributed by atoms with Crippen molar-refractivity contribution in [2.75, 3.05) is 19.6 Å². The molecule has 4 heteroatoms. The van der Waals surface area contributed by atoms with Crippen molar-refractivity contribution in [1.82, 2.24) is 4.90 Å². The molecule has 1 fully saturated rings. The van der Waals surface area contributed by atoms with Gasteiger partial charge in [0.1, 0.15) is 0 Å². The first-order valence-electron chi connectivity index (χ1n) is 6.94. The molecule has 3 atom stereocenters. The van der Waals surface area contributed by atoms with E-state index in [1.54, 1.807) is 0 Å². The van der Waals surface area contributed by atoms with Gasteiger partial charge in [0, 0.05) is 30.1 Å². The second-order valence-corrected chi connectivity index (χ2v) is 6.29. The van der Waals surface area contributed by atoms with Crippen LogP contribution in [0.2, 0.25) is 0 Å². The summed E-state index contributed by atoms with van der Waals surface area (Å²) in [5.74, 6) is 0. The summed E-state index contributed by atoms with van der Waals surface area (Å²) in [6, 6.07) is 8.29. The average molecular weight is 327 g/mol. The zero-order chi connectivity index (χ0) is 13.8. The Kier molecular flexibility index (Phi) is 5.39. The summed E-state index contributed by atoms with van der Waals surface area (Å²) in [6.45, 7) is 7.31. The lowest BCUT2D eigenvalue weighted by atomic mass is 10.0. The Balaban J connectivity index is 1.87. The normalized spacial score (nSPS) is 26.3. The first-order valence-corrected chi connectivity index (χ1v) is 7.73. The van der Waals surface area contributed by atoms with Gasteiger partial charge in [-0.25, -0.2) is 0 Å². The van der Waals surface area contributed by atoms with Crippen LogP contribution in [-0.4, -0.2) is 36.7 Å². The maximum Gasteiger partial charge on any atom is 0.0678 e. The minimum atomic E-state index is 0.0871. The van der Waals surface area contributed by atoms with Gasteiger partial charge in [0.15, 0.2) is 0 Å². The van der Waals surface area contributed by atoms with E-state index in [1.165, 1.54) is 5.56 Å². The molecule has 3 unspecified atom stereocenters. The van der Waals surface area contributed by atoms with Crippen LogP contribution in [-0.2, 0) is 4.74 Å². The fourth-order valence-electron chi connectivity index (χ4n) is 2.72. The molecule has 1 heterocycles. The van der Waals surface area contributed by atoms with Crippen LogP contribution in [0.15, 0.2) is 28.7 Å². The molecule has 2 N–H and O–H groups in total. The Hall–Kier alpha value is -0.420. The van der Waals surface area contributed by atoms with E-state index in [1.807, 2.05) is 18.2 Å². The van der Waals surface area contributed by atoms with Crippen molar-refractivity contribution in [3.05, 3.63) is 34.3 Å². The van der Waals surface area contributed by atoms with Crippen LogP contribution in [0.5, 0.6) is 0 Å². The molecule has 0 amide bonds. The lowest BCUT2D eigenvalue weighted by Gasteiger charge is -2.35. The number of benzene rings is 1. The molecule has 0 bridgehead atoms. The Morgan fingerprint density at radius 2 is 1.95 bits per heavy atom. The van der Waals surface area contributed by atoms with Crippen molar-refractivity contribution < 1.29 is 4.74 Å². The van der Waals surface area contributed by atoms with Gasteiger partial charge in [-0.2, -0.15) is 0 Å². The van der Waals surface area contributed by atoms with Gasteiger partial charge >= 0.3 is 0 Å². The van der Waals surface area contributed by atoms with Gasteiger partial charge in [0.05, 0.1) is 12.2 Å². The average Bonchev–Trinajstić information content (AvgIpc) is 2.35. The molecule has 19 heavy (non-hydrogen) atoms. The molecule has 1 aliphatic rings. The molecule has 0 spiro atoms. The van der Waals surface area contributed by atoms with Crippen LogP contribution >= 0.6 is 15.9 Å². The van der Waals surface area contributed by atoms with E-state index < -0.39 is 0 Å². The minimum absolute atomic E-state index is 0.0871.